The molecule has 13 aromatic rings. The molecule has 74 heavy (non-hydrogen) atoms. The van der Waals surface area contributed by atoms with Crippen LogP contribution in [0.2, 0.25) is 0 Å². The molecule has 0 bridgehead atoms. The lowest BCUT2D eigenvalue weighted by Gasteiger charge is -2.30. The number of hydrogen-bond donors (Lipinski definition) is 0. The molecule has 12 aromatic carbocycles. The average Bonchev–Trinajstić information content (AvgIpc) is 3.77. The summed E-state index contributed by atoms with van der Waals surface area (Å²) in [7, 11) is 0. The van der Waals surface area contributed by atoms with Crippen LogP contribution in [0.15, 0.2) is 243 Å². The van der Waals surface area contributed by atoms with Crippen molar-refractivity contribution in [3.63, 3.8) is 0 Å². The fourth-order valence-corrected chi connectivity index (χ4v) is 11.6. The van der Waals surface area contributed by atoms with Crippen LogP contribution >= 0.6 is 0 Å². The highest BCUT2D eigenvalue weighted by Crippen LogP contribution is 2.49. The number of hydrogen-bond acceptors (Lipinski definition) is 1. The van der Waals surface area contributed by atoms with Gasteiger partial charge in [0.15, 0.2) is 0 Å². The van der Waals surface area contributed by atoms with Crippen molar-refractivity contribution in [2.75, 3.05) is 4.90 Å². The van der Waals surface area contributed by atoms with E-state index in [1.165, 1.54) is 110 Å². The molecule has 0 aliphatic heterocycles. The Morgan fingerprint density at radius 3 is 1.42 bits per heavy atom. The lowest BCUT2D eigenvalue weighted by atomic mass is 9.85. The van der Waals surface area contributed by atoms with Crippen molar-refractivity contribution in [3.8, 4) is 50.2 Å². The summed E-state index contributed by atoms with van der Waals surface area (Å²) >= 11 is 0. The summed E-state index contributed by atoms with van der Waals surface area (Å²) in [6.07, 6.45) is 0. The number of benzene rings is 12. The molecule has 0 aliphatic carbocycles. The monoisotopic (exact) mass is 950 g/mol. The second-order valence-electron chi connectivity index (χ2n) is 22.1. The van der Waals surface area contributed by atoms with Gasteiger partial charge in [0.1, 0.15) is 0 Å². The van der Waals surface area contributed by atoms with E-state index in [1.54, 1.807) is 0 Å². The summed E-state index contributed by atoms with van der Waals surface area (Å²) in [5.74, 6) is 0. The molecule has 13 rings (SSSR count). The van der Waals surface area contributed by atoms with Crippen molar-refractivity contribution in [3.05, 3.63) is 254 Å². The van der Waals surface area contributed by atoms with Crippen molar-refractivity contribution in [1.29, 1.82) is 0 Å². The molecule has 0 N–H and O–H groups in total. The second kappa shape index (κ2) is 17.5. The maximum absolute atomic E-state index is 2.53. The highest BCUT2D eigenvalue weighted by molar-refractivity contribution is 6.27. The summed E-state index contributed by atoms with van der Waals surface area (Å²) in [4.78, 5) is 2.50. The zero-order chi connectivity index (χ0) is 50.3. The van der Waals surface area contributed by atoms with Crippen molar-refractivity contribution in [1.82, 2.24) is 4.57 Å². The van der Waals surface area contributed by atoms with E-state index < -0.39 is 0 Å². The Balaban J connectivity index is 1.04. The van der Waals surface area contributed by atoms with Gasteiger partial charge in [0, 0.05) is 32.8 Å². The fourth-order valence-electron chi connectivity index (χ4n) is 11.6. The first kappa shape index (κ1) is 45.2. The minimum absolute atomic E-state index is 0.0190. The number of rotatable bonds is 8. The van der Waals surface area contributed by atoms with Gasteiger partial charge in [0.2, 0.25) is 0 Å². The molecule has 0 unspecified atom stereocenters. The molecule has 2 heteroatoms. The smallest absolute Gasteiger partial charge is 0.0541 e. The lowest BCUT2D eigenvalue weighted by Crippen LogP contribution is -2.12. The van der Waals surface area contributed by atoms with Crippen LogP contribution in [0.25, 0.3) is 104 Å². The quantitative estimate of drug-likeness (QED) is 0.138. The van der Waals surface area contributed by atoms with E-state index in [4.69, 9.17) is 0 Å². The number of para-hydroxylation sites is 1. The first-order valence-corrected chi connectivity index (χ1v) is 26.1. The highest BCUT2D eigenvalue weighted by Gasteiger charge is 2.25. The fraction of sp³-hybridized carbons (Fsp3) is 0.111. The molecule has 0 atom stereocenters. The van der Waals surface area contributed by atoms with Crippen molar-refractivity contribution in [2.24, 2.45) is 0 Å². The zero-order valence-electron chi connectivity index (χ0n) is 43.0. The van der Waals surface area contributed by atoms with Gasteiger partial charge < -0.3 is 9.47 Å². The van der Waals surface area contributed by atoms with Crippen LogP contribution in [0.5, 0.6) is 0 Å². The Kier molecular flexibility index (Phi) is 10.7. The van der Waals surface area contributed by atoms with E-state index in [0.29, 0.717) is 0 Å². The van der Waals surface area contributed by atoms with Gasteiger partial charge >= 0.3 is 0 Å². The largest absolute Gasteiger partial charge is 0.309 e. The third-order valence-electron chi connectivity index (χ3n) is 15.5. The summed E-state index contributed by atoms with van der Waals surface area (Å²) in [6.45, 7) is 13.9. The highest BCUT2D eigenvalue weighted by atomic mass is 15.1. The van der Waals surface area contributed by atoms with E-state index in [9.17, 15) is 0 Å². The Hall–Kier alpha value is -8.72. The van der Waals surface area contributed by atoms with Gasteiger partial charge in [-0.05, 0) is 143 Å². The van der Waals surface area contributed by atoms with Crippen LogP contribution in [-0.4, -0.2) is 4.57 Å². The average molecular weight is 951 g/mol. The molecular formula is C72H58N2. The van der Waals surface area contributed by atoms with E-state index in [2.05, 4.69) is 294 Å². The van der Waals surface area contributed by atoms with Gasteiger partial charge in [-0.25, -0.2) is 0 Å². The second-order valence-corrected chi connectivity index (χ2v) is 22.1. The molecular weight excluding hydrogens is 893 g/mol. The number of fused-ring (bicyclic) bond motifs is 3. The molecule has 1 heterocycles. The van der Waals surface area contributed by atoms with E-state index in [0.717, 1.165) is 22.6 Å². The summed E-state index contributed by atoms with van der Waals surface area (Å²) < 4.78 is 2.53. The molecule has 2 nitrogen and oxygen atoms in total. The number of nitrogens with zero attached hydrogens (tertiary/aromatic N) is 2. The first-order chi connectivity index (χ1) is 36.0. The van der Waals surface area contributed by atoms with Crippen LogP contribution in [0, 0.1) is 0 Å². The van der Waals surface area contributed by atoms with E-state index >= 15 is 0 Å². The van der Waals surface area contributed by atoms with Crippen molar-refractivity contribution >= 4 is 71.2 Å². The number of anilines is 3. The van der Waals surface area contributed by atoms with Crippen molar-refractivity contribution in [2.45, 2.75) is 52.4 Å². The van der Waals surface area contributed by atoms with Crippen LogP contribution in [0.1, 0.15) is 52.7 Å². The van der Waals surface area contributed by atoms with Gasteiger partial charge in [0.25, 0.3) is 0 Å². The third-order valence-corrected chi connectivity index (χ3v) is 15.5. The SMILES string of the molecule is CC(C)(C)c1ccc2c(c1)c1cc(C(C)(C)C)ccc1n2-c1ccc2ccc3c(N(c4ccc(-c5cccc(-c6ccccc6)c5)cc4)c4ccccc4-c4ccccc4-c4ccccc4)ccc4ccc1c2c43. The number of aromatic nitrogens is 1. The standard InChI is InChI=1S/C72H58N2/c1-71(2,3)54-34-42-67-62(45-54)63-46-55(72(4,5)6)35-43-68(63)74(67)66-41-33-51-30-38-60-65(40-32-50-31-39-61(66)70(51)69(50)60)73(56-36-28-48(29-37-56)53-23-17-22-52(44-53)47-18-9-7-10-19-47)64-27-16-15-26-59(64)58-25-14-13-24-57(58)49-20-11-8-12-21-49/h7-46H,1-6H3. The van der Waals surface area contributed by atoms with Gasteiger partial charge in [-0.2, -0.15) is 0 Å². The van der Waals surface area contributed by atoms with Gasteiger partial charge in [0.05, 0.1) is 28.1 Å². The van der Waals surface area contributed by atoms with Crippen LogP contribution in [0.3, 0.4) is 0 Å². The molecule has 0 amide bonds. The van der Waals surface area contributed by atoms with Crippen LogP contribution < -0.4 is 4.90 Å². The summed E-state index contributed by atoms with van der Waals surface area (Å²) in [5, 5.41) is 10.0. The Bertz CT molecular complexity index is 4170. The topological polar surface area (TPSA) is 8.17 Å². The normalized spacial score (nSPS) is 12.2. The molecule has 0 aliphatic rings. The molecule has 0 fully saturated rings. The maximum atomic E-state index is 2.53. The molecule has 0 saturated carbocycles. The molecule has 0 spiro atoms. The predicted octanol–water partition coefficient (Wildman–Crippen LogP) is 20.4. The summed E-state index contributed by atoms with van der Waals surface area (Å²) in [6, 6.07) is 90.3. The molecule has 356 valence electrons. The molecule has 0 radical (unpaired) electrons. The molecule has 0 saturated heterocycles. The van der Waals surface area contributed by atoms with Gasteiger partial charge in [-0.15, -0.1) is 0 Å². The Morgan fingerprint density at radius 2 is 0.797 bits per heavy atom. The van der Waals surface area contributed by atoms with Gasteiger partial charge in [-0.1, -0.05) is 224 Å². The minimum atomic E-state index is 0.0190. The third kappa shape index (κ3) is 7.64. The van der Waals surface area contributed by atoms with E-state index in [-0.39, 0.29) is 10.8 Å². The summed E-state index contributed by atoms with van der Waals surface area (Å²) in [5.41, 5.74) is 19.2. The zero-order valence-corrected chi connectivity index (χ0v) is 43.0. The van der Waals surface area contributed by atoms with Crippen LogP contribution in [0.4, 0.5) is 17.1 Å². The van der Waals surface area contributed by atoms with Crippen molar-refractivity contribution < 1.29 is 0 Å². The van der Waals surface area contributed by atoms with Gasteiger partial charge in [-0.3, -0.25) is 0 Å². The van der Waals surface area contributed by atoms with Crippen LogP contribution in [-0.2, 0) is 10.8 Å². The molecule has 1 aromatic heterocycles. The van der Waals surface area contributed by atoms with E-state index in [1.807, 2.05) is 0 Å². The predicted molar refractivity (Wildman–Crippen MR) is 318 cm³/mol. The maximum Gasteiger partial charge on any atom is 0.0541 e. The minimum Gasteiger partial charge on any atom is -0.309 e. The Morgan fingerprint density at radius 1 is 0.311 bits per heavy atom. The first-order valence-electron chi connectivity index (χ1n) is 26.1. The Labute approximate surface area is 434 Å². The lowest BCUT2D eigenvalue weighted by molar-refractivity contribution is 0.590.